The summed E-state index contributed by atoms with van der Waals surface area (Å²) < 4.78 is 28.1. The molecule has 0 amide bonds. The minimum Gasteiger partial charge on any atom is -0.494 e. The van der Waals surface area contributed by atoms with Gasteiger partial charge >= 0.3 is 0 Å². The molecule has 1 aromatic carbocycles. The lowest BCUT2D eigenvalue weighted by Crippen LogP contribution is -2.56. The molecule has 1 fully saturated rings. The minimum atomic E-state index is -2.90. The van der Waals surface area contributed by atoms with Crippen LogP contribution in [0, 0.1) is 0 Å². The molecule has 0 aliphatic carbocycles. The highest BCUT2D eigenvalue weighted by atomic mass is 32.2. The van der Waals surface area contributed by atoms with Gasteiger partial charge in [0.05, 0.1) is 18.1 Å². The lowest BCUT2D eigenvalue weighted by atomic mass is 9.83. The molecule has 1 saturated heterocycles. The molecule has 2 N–H and O–H groups in total. The molecule has 94 valence electrons. The maximum Gasteiger partial charge on any atom is 0.152 e. The zero-order valence-corrected chi connectivity index (χ0v) is 10.7. The third-order valence-corrected chi connectivity index (χ3v) is 5.13. The Kier molecular flexibility index (Phi) is 3.14. The molecule has 5 heteroatoms. The maximum atomic E-state index is 11.4. The van der Waals surface area contributed by atoms with E-state index in [-0.39, 0.29) is 11.5 Å². The van der Waals surface area contributed by atoms with Crippen molar-refractivity contribution < 1.29 is 13.2 Å². The van der Waals surface area contributed by atoms with Gasteiger partial charge in [-0.2, -0.15) is 0 Å². The molecule has 1 aromatic rings. The van der Waals surface area contributed by atoms with E-state index < -0.39 is 15.3 Å². The van der Waals surface area contributed by atoms with E-state index >= 15 is 0 Å². The Balaban J connectivity index is 2.30. The first-order valence-corrected chi connectivity index (χ1v) is 7.47. The van der Waals surface area contributed by atoms with Gasteiger partial charge in [-0.3, -0.25) is 0 Å². The summed E-state index contributed by atoms with van der Waals surface area (Å²) in [6, 6.07) is 7.56. The molecular weight excluding hydrogens is 238 g/mol. The van der Waals surface area contributed by atoms with Crippen molar-refractivity contribution in [2.45, 2.75) is 12.3 Å². The van der Waals surface area contributed by atoms with Gasteiger partial charge in [0.25, 0.3) is 0 Å². The second kappa shape index (κ2) is 4.31. The number of rotatable bonds is 4. The SMILES string of the molecule is CCOc1cccc(C2(CN)CS(=O)(=O)C2)c1. The fourth-order valence-electron chi connectivity index (χ4n) is 2.28. The lowest BCUT2D eigenvalue weighted by molar-refractivity contribution is 0.338. The van der Waals surface area contributed by atoms with Crippen molar-refractivity contribution in [2.24, 2.45) is 5.73 Å². The van der Waals surface area contributed by atoms with Gasteiger partial charge in [-0.1, -0.05) is 12.1 Å². The van der Waals surface area contributed by atoms with Crippen LogP contribution in [0.3, 0.4) is 0 Å². The Bertz CT molecular complexity index is 498. The highest BCUT2D eigenvalue weighted by Crippen LogP contribution is 2.37. The van der Waals surface area contributed by atoms with Gasteiger partial charge in [-0.25, -0.2) is 8.42 Å². The quantitative estimate of drug-likeness (QED) is 0.860. The Hall–Kier alpha value is -1.07. The number of hydrogen-bond acceptors (Lipinski definition) is 4. The van der Waals surface area contributed by atoms with Crippen LogP contribution in [0.1, 0.15) is 12.5 Å². The smallest absolute Gasteiger partial charge is 0.152 e. The second-order valence-corrected chi connectivity index (χ2v) is 6.54. The number of nitrogens with two attached hydrogens (primary N) is 1. The van der Waals surface area contributed by atoms with Gasteiger partial charge in [-0.05, 0) is 24.6 Å². The average Bonchev–Trinajstić information content (AvgIpc) is 2.26. The Morgan fingerprint density at radius 3 is 2.65 bits per heavy atom. The van der Waals surface area contributed by atoms with Crippen molar-refractivity contribution in [3.63, 3.8) is 0 Å². The first-order chi connectivity index (χ1) is 8.01. The Labute approximate surface area is 102 Å². The van der Waals surface area contributed by atoms with Crippen LogP contribution >= 0.6 is 0 Å². The van der Waals surface area contributed by atoms with E-state index in [0.29, 0.717) is 13.2 Å². The van der Waals surface area contributed by atoms with Crippen LogP contribution in [0.2, 0.25) is 0 Å². The Morgan fingerprint density at radius 2 is 2.12 bits per heavy atom. The number of hydrogen-bond donors (Lipinski definition) is 1. The molecule has 0 radical (unpaired) electrons. The summed E-state index contributed by atoms with van der Waals surface area (Å²) in [5.74, 6) is 1.06. The van der Waals surface area contributed by atoms with E-state index in [1.807, 2.05) is 31.2 Å². The predicted octanol–water partition coefficient (Wildman–Crippen LogP) is 0.710. The zero-order valence-electron chi connectivity index (χ0n) is 9.85. The highest BCUT2D eigenvalue weighted by molar-refractivity contribution is 7.93. The molecular formula is C12H17NO3S. The largest absolute Gasteiger partial charge is 0.494 e. The van der Waals surface area contributed by atoms with Gasteiger partial charge in [0, 0.05) is 12.0 Å². The molecule has 0 saturated carbocycles. The standard InChI is InChI=1S/C12H17NO3S/c1-2-16-11-5-3-4-10(6-11)12(7-13)8-17(14,15)9-12/h3-6H,2,7-9,13H2,1H3. The van der Waals surface area contributed by atoms with E-state index in [0.717, 1.165) is 11.3 Å². The molecule has 1 aliphatic heterocycles. The number of ether oxygens (including phenoxy) is 1. The summed E-state index contributed by atoms with van der Waals surface area (Å²) in [4.78, 5) is 0. The van der Waals surface area contributed by atoms with Crippen LogP contribution in [-0.2, 0) is 15.3 Å². The third kappa shape index (κ3) is 2.30. The maximum absolute atomic E-state index is 11.4. The normalized spacial score (nSPS) is 20.6. The van der Waals surface area contributed by atoms with Crippen LogP contribution in [0.4, 0.5) is 0 Å². The minimum absolute atomic E-state index is 0.145. The average molecular weight is 255 g/mol. The van der Waals surface area contributed by atoms with E-state index in [9.17, 15) is 8.42 Å². The molecule has 1 heterocycles. The topological polar surface area (TPSA) is 69.4 Å². The monoisotopic (exact) mass is 255 g/mol. The van der Waals surface area contributed by atoms with Crippen LogP contribution in [0.25, 0.3) is 0 Å². The molecule has 0 bridgehead atoms. The van der Waals surface area contributed by atoms with E-state index in [1.54, 1.807) is 0 Å². The van der Waals surface area contributed by atoms with Gasteiger partial charge < -0.3 is 10.5 Å². The fraction of sp³-hybridized carbons (Fsp3) is 0.500. The van der Waals surface area contributed by atoms with Crippen molar-refractivity contribution >= 4 is 9.84 Å². The molecule has 1 aliphatic rings. The molecule has 4 nitrogen and oxygen atoms in total. The summed E-state index contributed by atoms with van der Waals surface area (Å²) in [5.41, 5.74) is 6.29. The van der Waals surface area contributed by atoms with Crippen LogP contribution in [-0.4, -0.2) is 33.1 Å². The first-order valence-electron chi connectivity index (χ1n) is 5.65. The van der Waals surface area contributed by atoms with Gasteiger partial charge in [0.15, 0.2) is 9.84 Å². The van der Waals surface area contributed by atoms with Crippen molar-refractivity contribution in [1.82, 2.24) is 0 Å². The zero-order chi connectivity index (χ0) is 12.5. The van der Waals surface area contributed by atoms with Gasteiger partial charge in [0.2, 0.25) is 0 Å². The molecule has 2 rings (SSSR count). The van der Waals surface area contributed by atoms with Crippen molar-refractivity contribution in [3.8, 4) is 5.75 Å². The lowest BCUT2D eigenvalue weighted by Gasteiger charge is -2.40. The Morgan fingerprint density at radius 1 is 1.41 bits per heavy atom. The molecule has 0 aromatic heterocycles. The van der Waals surface area contributed by atoms with Crippen LogP contribution in [0.15, 0.2) is 24.3 Å². The number of sulfone groups is 1. The van der Waals surface area contributed by atoms with Crippen LogP contribution < -0.4 is 10.5 Å². The summed E-state index contributed by atoms with van der Waals surface area (Å²) in [6.45, 7) is 2.86. The summed E-state index contributed by atoms with van der Waals surface area (Å²) >= 11 is 0. The van der Waals surface area contributed by atoms with E-state index in [4.69, 9.17) is 10.5 Å². The van der Waals surface area contributed by atoms with Crippen molar-refractivity contribution in [1.29, 1.82) is 0 Å². The van der Waals surface area contributed by atoms with E-state index in [1.165, 1.54) is 0 Å². The van der Waals surface area contributed by atoms with Crippen molar-refractivity contribution in [2.75, 3.05) is 24.7 Å². The first kappa shape index (κ1) is 12.4. The van der Waals surface area contributed by atoms with Gasteiger partial charge in [0.1, 0.15) is 5.75 Å². The molecule has 0 atom stereocenters. The third-order valence-electron chi connectivity index (χ3n) is 3.14. The molecule has 0 spiro atoms. The van der Waals surface area contributed by atoms with Crippen LogP contribution in [0.5, 0.6) is 5.75 Å². The summed E-state index contributed by atoms with van der Waals surface area (Å²) in [5, 5.41) is 0. The van der Waals surface area contributed by atoms with Gasteiger partial charge in [-0.15, -0.1) is 0 Å². The second-order valence-electron chi connectivity index (χ2n) is 4.48. The molecule has 0 unspecified atom stereocenters. The fourth-order valence-corrected chi connectivity index (χ4v) is 4.45. The number of benzene rings is 1. The highest BCUT2D eigenvalue weighted by Gasteiger charge is 2.48. The van der Waals surface area contributed by atoms with Crippen molar-refractivity contribution in [3.05, 3.63) is 29.8 Å². The summed E-state index contributed by atoms with van der Waals surface area (Å²) in [6.07, 6.45) is 0. The molecule has 17 heavy (non-hydrogen) atoms. The predicted molar refractivity (Wildman–Crippen MR) is 67.0 cm³/mol. The van der Waals surface area contributed by atoms with E-state index in [2.05, 4.69) is 0 Å². The summed E-state index contributed by atoms with van der Waals surface area (Å²) in [7, 11) is -2.90.